The van der Waals surface area contributed by atoms with Crippen molar-refractivity contribution in [3.63, 3.8) is 0 Å². The van der Waals surface area contributed by atoms with Crippen LogP contribution in [0.2, 0.25) is 0 Å². The largest absolute Gasteiger partial charge is 0.480 e. The Balaban J connectivity index is 1.58. The fourth-order valence-electron chi connectivity index (χ4n) is 2.82. The number of nitrogen functional groups attached to an aromatic ring is 1. The van der Waals surface area contributed by atoms with Gasteiger partial charge in [-0.25, -0.2) is 9.97 Å². The molecule has 4 atom stereocenters. The Morgan fingerprint density at radius 1 is 1.52 bits per heavy atom. The lowest BCUT2D eigenvalue weighted by atomic mass is 10.2. The van der Waals surface area contributed by atoms with Crippen LogP contribution >= 0.6 is 11.8 Å². The van der Waals surface area contributed by atoms with Gasteiger partial charge in [-0.1, -0.05) is 0 Å². The number of carboxylic acid groups (broad SMARTS) is 1. The van der Waals surface area contributed by atoms with Crippen LogP contribution in [0.5, 0.6) is 0 Å². The normalized spacial score (nSPS) is 24.6. The third kappa shape index (κ3) is 3.87. The number of aliphatic carboxylic acids is 1. The minimum absolute atomic E-state index is 0.123. The van der Waals surface area contributed by atoms with Crippen LogP contribution in [0.3, 0.4) is 0 Å². The second-order valence-electron chi connectivity index (χ2n) is 5.98. The van der Waals surface area contributed by atoms with E-state index in [0.29, 0.717) is 35.7 Å². The summed E-state index contributed by atoms with van der Waals surface area (Å²) in [6.45, 7) is 0. The number of ether oxygens (including phenoxy) is 1. The Morgan fingerprint density at radius 2 is 2.32 bits per heavy atom. The molecule has 25 heavy (non-hydrogen) atoms. The lowest BCUT2D eigenvalue weighted by Gasteiger charge is -2.17. The number of carboxylic acids is 1. The topological polar surface area (TPSA) is 150 Å². The van der Waals surface area contributed by atoms with E-state index >= 15 is 0 Å². The van der Waals surface area contributed by atoms with Crippen molar-refractivity contribution in [2.45, 2.75) is 37.3 Å². The summed E-state index contributed by atoms with van der Waals surface area (Å²) in [5, 5.41) is 19.1. The molecule has 3 heterocycles. The molecule has 1 aliphatic rings. The molecule has 0 amide bonds. The second-order valence-corrected chi connectivity index (χ2v) is 7.13. The molecule has 0 aliphatic carbocycles. The van der Waals surface area contributed by atoms with Crippen molar-refractivity contribution in [3.8, 4) is 0 Å². The zero-order chi connectivity index (χ0) is 18.0. The predicted octanol–water partition coefficient (Wildman–Crippen LogP) is 0.197. The Morgan fingerprint density at radius 3 is 3.08 bits per heavy atom. The first-order valence-corrected chi connectivity index (χ1v) is 9.09. The maximum atomic E-state index is 10.7. The van der Waals surface area contributed by atoms with Crippen molar-refractivity contribution < 1.29 is 19.7 Å². The van der Waals surface area contributed by atoms with E-state index in [1.807, 2.05) is 0 Å². The average Bonchev–Trinajstić information content (AvgIpc) is 3.15. The number of aliphatic hydroxyl groups excluding tert-OH is 1. The number of hydrogen-bond donors (Lipinski definition) is 4. The van der Waals surface area contributed by atoms with Gasteiger partial charge in [-0.3, -0.25) is 4.79 Å². The molecule has 3 rings (SSSR count). The molecule has 1 unspecified atom stereocenters. The van der Waals surface area contributed by atoms with Gasteiger partial charge >= 0.3 is 5.97 Å². The summed E-state index contributed by atoms with van der Waals surface area (Å²) in [4.78, 5) is 18.9. The number of imidazole rings is 1. The fraction of sp³-hybridized carbons (Fsp3) is 0.533. The highest BCUT2D eigenvalue weighted by molar-refractivity contribution is 7.99. The highest BCUT2D eigenvalue weighted by Crippen LogP contribution is 2.33. The lowest BCUT2D eigenvalue weighted by molar-refractivity contribution is -0.138. The van der Waals surface area contributed by atoms with Crippen molar-refractivity contribution in [2.75, 3.05) is 17.2 Å². The Labute approximate surface area is 148 Å². The molecule has 136 valence electrons. The zero-order valence-corrected chi connectivity index (χ0v) is 14.3. The van der Waals surface area contributed by atoms with E-state index in [9.17, 15) is 9.90 Å². The molecule has 0 spiro atoms. The number of nitrogens with two attached hydrogens (primary N) is 2. The van der Waals surface area contributed by atoms with Crippen molar-refractivity contribution in [2.24, 2.45) is 5.73 Å². The van der Waals surface area contributed by atoms with Gasteiger partial charge in [0.15, 0.2) is 12.0 Å². The van der Waals surface area contributed by atoms with Crippen molar-refractivity contribution in [3.05, 3.63) is 18.6 Å². The van der Waals surface area contributed by atoms with E-state index in [0.717, 1.165) is 5.52 Å². The van der Waals surface area contributed by atoms with Gasteiger partial charge in [0.05, 0.1) is 17.9 Å². The smallest absolute Gasteiger partial charge is 0.320 e. The van der Waals surface area contributed by atoms with Crippen LogP contribution in [-0.2, 0) is 9.53 Å². The maximum Gasteiger partial charge on any atom is 0.320 e. The second kappa shape index (κ2) is 7.56. The maximum absolute atomic E-state index is 10.7. The van der Waals surface area contributed by atoms with Crippen LogP contribution in [0.4, 0.5) is 5.82 Å². The predicted molar refractivity (Wildman–Crippen MR) is 94.0 cm³/mol. The van der Waals surface area contributed by atoms with E-state index in [4.69, 9.17) is 21.3 Å². The standard InChI is InChI=1S/C15H21N5O4S/c16-9(15(22)23)2-4-25-6-8-5-11(21)14(24-8)20-7-19-12-10(20)1-3-18-13(12)17/h1,3,7-9,11,14,21H,2,4-6,16H2,(H2,17,18)(H,22,23)/t8-,9?,11+,14+/m0/s1. The number of hydrogen-bond acceptors (Lipinski definition) is 8. The number of pyridine rings is 1. The number of rotatable bonds is 7. The molecular formula is C15H21N5O4S. The van der Waals surface area contributed by atoms with Crippen LogP contribution in [0.15, 0.2) is 18.6 Å². The van der Waals surface area contributed by atoms with E-state index in [-0.39, 0.29) is 6.10 Å². The van der Waals surface area contributed by atoms with Crippen molar-refractivity contribution in [1.82, 2.24) is 14.5 Å². The van der Waals surface area contributed by atoms with E-state index < -0.39 is 24.3 Å². The van der Waals surface area contributed by atoms with Crippen molar-refractivity contribution >= 4 is 34.6 Å². The molecule has 2 aromatic heterocycles. The lowest BCUT2D eigenvalue weighted by Crippen LogP contribution is -2.30. The molecule has 0 radical (unpaired) electrons. The highest BCUT2D eigenvalue weighted by Gasteiger charge is 2.35. The number of nitrogens with zero attached hydrogens (tertiary/aromatic N) is 3. The van der Waals surface area contributed by atoms with Crippen LogP contribution in [0.1, 0.15) is 19.1 Å². The Bertz CT molecular complexity index is 755. The summed E-state index contributed by atoms with van der Waals surface area (Å²) in [5.41, 5.74) is 12.6. The number of anilines is 1. The summed E-state index contributed by atoms with van der Waals surface area (Å²) >= 11 is 1.57. The summed E-state index contributed by atoms with van der Waals surface area (Å²) < 4.78 is 7.73. The fourth-order valence-corrected chi connectivity index (χ4v) is 3.89. The third-order valence-corrected chi connectivity index (χ3v) is 5.29. The Kier molecular flexibility index (Phi) is 5.42. The van der Waals surface area contributed by atoms with Gasteiger partial charge in [-0.05, 0) is 18.2 Å². The molecule has 10 heteroatoms. The number of carbonyl (C=O) groups is 1. The van der Waals surface area contributed by atoms with Crippen LogP contribution in [0, 0.1) is 0 Å². The van der Waals surface area contributed by atoms with Gasteiger partial charge < -0.3 is 31.0 Å². The number of thioether (sulfide) groups is 1. The summed E-state index contributed by atoms with van der Waals surface area (Å²) in [6.07, 6.45) is 2.79. The quantitative estimate of drug-likeness (QED) is 0.503. The summed E-state index contributed by atoms with van der Waals surface area (Å²) in [7, 11) is 0. The van der Waals surface area contributed by atoms with E-state index in [2.05, 4.69) is 9.97 Å². The molecule has 0 aromatic carbocycles. The third-order valence-electron chi connectivity index (χ3n) is 4.15. The Hall–Kier alpha value is -1.88. The van der Waals surface area contributed by atoms with Gasteiger partial charge in [0, 0.05) is 18.4 Å². The number of fused-ring (bicyclic) bond motifs is 1. The first-order valence-electron chi connectivity index (χ1n) is 7.94. The molecule has 0 saturated carbocycles. The molecule has 1 fully saturated rings. The van der Waals surface area contributed by atoms with Gasteiger partial charge in [0.2, 0.25) is 0 Å². The van der Waals surface area contributed by atoms with E-state index in [1.165, 1.54) is 0 Å². The average molecular weight is 367 g/mol. The molecule has 6 N–H and O–H groups in total. The zero-order valence-electron chi connectivity index (χ0n) is 13.5. The summed E-state index contributed by atoms with van der Waals surface area (Å²) in [6, 6.07) is 0.941. The van der Waals surface area contributed by atoms with Crippen LogP contribution in [0.25, 0.3) is 11.0 Å². The molecule has 1 aliphatic heterocycles. The monoisotopic (exact) mass is 367 g/mol. The molecule has 1 saturated heterocycles. The highest BCUT2D eigenvalue weighted by atomic mass is 32.2. The SMILES string of the molecule is Nc1nccc2c1ncn2[C@@H]1O[C@H](CSCCC(N)C(=O)O)C[C@H]1O. The number of aliphatic hydroxyl groups is 1. The first kappa shape index (κ1) is 17.9. The van der Waals surface area contributed by atoms with Gasteiger partial charge in [-0.15, -0.1) is 0 Å². The minimum Gasteiger partial charge on any atom is -0.480 e. The van der Waals surface area contributed by atoms with Gasteiger partial charge in [0.1, 0.15) is 17.7 Å². The van der Waals surface area contributed by atoms with Crippen LogP contribution in [-0.4, -0.2) is 60.5 Å². The molecule has 9 nitrogen and oxygen atoms in total. The number of aromatic nitrogens is 3. The van der Waals surface area contributed by atoms with E-state index in [1.54, 1.807) is 34.9 Å². The van der Waals surface area contributed by atoms with Crippen LogP contribution < -0.4 is 11.5 Å². The first-order chi connectivity index (χ1) is 12.0. The van der Waals surface area contributed by atoms with Gasteiger partial charge in [-0.2, -0.15) is 11.8 Å². The molecular weight excluding hydrogens is 346 g/mol. The minimum atomic E-state index is -0.992. The van der Waals surface area contributed by atoms with Crippen molar-refractivity contribution in [1.29, 1.82) is 0 Å². The van der Waals surface area contributed by atoms with Gasteiger partial charge in [0.25, 0.3) is 0 Å². The summed E-state index contributed by atoms with van der Waals surface area (Å²) in [5.74, 6) is 0.639. The molecule has 0 bridgehead atoms. The molecule has 2 aromatic rings.